The summed E-state index contributed by atoms with van der Waals surface area (Å²) in [5.41, 5.74) is -0.571. The summed E-state index contributed by atoms with van der Waals surface area (Å²) in [5, 5.41) is 0. The Morgan fingerprint density at radius 3 is 2.08 bits per heavy atom. The van der Waals surface area contributed by atoms with E-state index in [9.17, 15) is 30.4 Å². The van der Waals surface area contributed by atoms with E-state index in [2.05, 4.69) is 0 Å². The maximum Gasteiger partial charge on any atom is 0.416 e. The molecule has 2 aromatic carbocycles. The number of halogens is 5. The van der Waals surface area contributed by atoms with Gasteiger partial charge < -0.3 is 0 Å². The highest BCUT2D eigenvalue weighted by atomic mass is 32.2. The fraction of sp³-hybridized carbons (Fsp3) is 0.200. The molecule has 0 saturated heterocycles. The fourth-order valence-electron chi connectivity index (χ4n) is 1.99. The summed E-state index contributed by atoms with van der Waals surface area (Å²) in [5.74, 6) is -2.16. The van der Waals surface area contributed by atoms with E-state index in [-0.39, 0.29) is 12.1 Å². The van der Waals surface area contributed by atoms with Crippen LogP contribution in [0.5, 0.6) is 0 Å². The van der Waals surface area contributed by atoms with E-state index in [1.54, 1.807) is 0 Å². The molecular weight excluding hydrogens is 353 g/mol. The van der Waals surface area contributed by atoms with Gasteiger partial charge in [-0.1, -0.05) is 12.1 Å². The lowest BCUT2D eigenvalue weighted by Crippen LogP contribution is -2.27. The molecule has 0 aliphatic carbocycles. The summed E-state index contributed by atoms with van der Waals surface area (Å²) in [6, 6.07) is 5.97. The van der Waals surface area contributed by atoms with Crippen LogP contribution in [0, 0.1) is 11.6 Å². The second kappa shape index (κ2) is 6.48. The number of rotatable bonds is 4. The van der Waals surface area contributed by atoms with E-state index in [1.807, 2.05) is 0 Å². The highest BCUT2D eigenvalue weighted by Crippen LogP contribution is 2.29. The first-order chi connectivity index (χ1) is 11.0. The minimum Gasteiger partial charge on any atom is -0.207 e. The van der Waals surface area contributed by atoms with E-state index in [0.717, 1.165) is 47.8 Å². The molecule has 0 aliphatic rings. The molecule has 24 heavy (non-hydrogen) atoms. The molecule has 0 saturated carbocycles. The van der Waals surface area contributed by atoms with Crippen LogP contribution in [0.4, 0.5) is 22.0 Å². The van der Waals surface area contributed by atoms with Gasteiger partial charge in [-0.15, -0.1) is 0 Å². The summed E-state index contributed by atoms with van der Waals surface area (Å²) in [6.45, 7) is -0.267. The van der Waals surface area contributed by atoms with E-state index in [1.165, 1.54) is 0 Å². The molecule has 130 valence electrons. The van der Waals surface area contributed by atoms with Crippen LogP contribution in [0.25, 0.3) is 0 Å². The van der Waals surface area contributed by atoms with Crippen molar-refractivity contribution in [3.63, 3.8) is 0 Å². The van der Waals surface area contributed by atoms with Crippen molar-refractivity contribution in [3.05, 3.63) is 65.2 Å². The number of hydrogen-bond donors (Lipinski definition) is 0. The third-order valence-corrected chi connectivity index (χ3v) is 5.11. The molecule has 0 amide bonds. The van der Waals surface area contributed by atoms with Crippen LogP contribution in [-0.4, -0.2) is 19.8 Å². The number of nitrogens with zero attached hydrogens (tertiary/aromatic N) is 1. The molecule has 2 rings (SSSR count). The Balaban J connectivity index is 2.23. The third kappa shape index (κ3) is 3.90. The quantitative estimate of drug-likeness (QED) is 0.773. The SMILES string of the molecule is CN(Cc1ccc(C(F)(F)F)cc1)S(=O)(=O)c1ccc(F)cc1F. The van der Waals surface area contributed by atoms with Crippen LogP contribution in [0.3, 0.4) is 0 Å². The summed E-state index contributed by atoms with van der Waals surface area (Å²) >= 11 is 0. The van der Waals surface area contributed by atoms with E-state index < -0.39 is 38.3 Å². The largest absolute Gasteiger partial charge is 0.416 e. The van der Waals surface area contributed by atoms with Crippen molar-refractivity contribution in [1.29, 1.82) is 0 Å². The van der Waals surface area contributed by atoms with Crippen LogP contribution in [0.2, 0.25) is 0 Å². The molecule has 2 aromatic rings. The van der Waals surface area contributed by atoms with Crippen molar-refractivity contribution < 1.29 is 30.4 Å². The summed E-state index contributed by atoms with van der Waals surface area (Å²) < 4.78 is 89.3. The standard InChI is InChI=1S/C15H12F5NO2S/c1-21(9-10-2-4-11(5-3-10)15(18,19)20)24(22,23)14-7-6-12(16)8-13(14)17/h2-8H,9H2,1H3. The first-order valence-corrected chi connectivity index (χ1v) is 8.03. The smallest absolute Gasteiger partial charge is 0.207 e. The number of benzene rings is 2. The molecule has 0 unspecified atom stereocenters. The third-order valence-electron chi connectivity index (χ3n) is 3.27. The van der Waals surface area contributed by atoms with Gasteiger partial charge in [-0.2, -0.15) is 17.5 Å². The van der Waals surface area contributed by atoms with E-state index in [4.69, 9.17) is 0 Å². The lowest BCUT2D eigenvalue weighted by Gasteiger charge is -2.18. The zero-order valence-corrected chi connectivity index (χ0v) is 13.1. The molecule has 0 aromatic heterocycles. The van der Waals surface area contributed by atoms with Gasteiger partial charge in [0.25, 0.3) is 0 Å². The van der Waals surface area contributed by atoms with Gasteiger partial charge in [0.2, 0.25) is 10.0 Å². The second-order valence-corrected chi connectivity index (χ2v) is 7.04. The van der Waals surface area contributed by atoms with Crippen LogP contribution in [0.1, 0.15) is 11.1 Å². The van der Waals surface area contributed by atoms with E-state index >= 15 is 0 Å². The molecule has 0 N–H and O–H groups in total. The molecule has 0 aliphatic heterocycles. The molecule has 3 nitrogen and oxygen atoms in total. The first-order valence-electron chi connectivity index (χ1n) is 6.59. The molecule has 0 spiro atoms. The number of sulfonamides is 1. The van der Waals surface area contributed by atoms with Crippen molar-refractivity contribution in [2.24, 2.45) is 0 Å². The van der Waals surface area contributed by atoms with Gasteiger partial charge in [-0.3, -0.25) is 0 Å². The highest BCUT2D eigenvalue weighted by Gasteiger charge is 2.30. The molecule has 0 heterocycles. The van der Waals surface area contributed by atoms with Gasteiger partial charge in [0, 0.05) is 19.7 Å². The minimum atomic E-state index is -4.49. The van der Waals surface area contributed by atoms with Crippen molar-refractivity contribution in [1.82, 2.24) is 4.31 Å². The molecule has 0 bridgehead atoms. The van der Waals surface area contributed by atoms with Crippen LogP contribution in [-0.2, 0) is 22.7 Å². The Morgan fingerprint density at radius 1 is 1.00 bits per heavy atom. The zero-order valence-electron chi connectivity index (χ0n) is 12.3. The monoisotopic (exact) mass is 365 g/mol. The number of alkyl halides is 3. The fourth-order valence-corrected chi connectivity index (χ4v) is 3.19. The predicted octanol–water partition coefficient (Wildman–Crippen LogP) is 3.80. The van der Waals surface area contributed by atoms with Crippen molar-refractivity contribution in [2.45, 2.75) is 17.6 Å². The molecule has 0 atom stereocenters. The Morgan fingerprint density at radius 2 is 1.58 bits per heavy atom. The average Bonchev–Trinajstić information content (AvgIpc) is 2.46. The van der Waals surface area contributed by atoms with Gasteiger partial charge in [-0.05, 0) is 29.8 Å². The Labute approximate surface area is 135 Å². The molecule has 0 fully saturated rings. The Hall–Kier alpha value is -2.00. The van der Waals surface area contributed by atoms with Crippen molar-refractivity contribution >= 4 is 10.0 Å². The summed E-state index contributed by atoms with van der Waals surface area (Å²) in [6.07, 6.45) is -4.49. The average molecular weight is 365 g/mol. The lowest BCUT2D eigenvalue weighted by atomic mass is 10.1. The van der Waals surface area contributed by atoms with Gasteiger partial charge in [-0.25, -0.2) is 17.2 Å². The van der Waals surface area contributed by atoms with Crippen LogP contribution >= 0.6 is 0 Å². The topological polar surface area (TPSA) is 37.4 Å². The van der Waals surface area contributed by atoms with Crippen molar-refractivity contribution in [2.75, 3.05) is 7.05 Å². The molecular formula is C15H12F5NO2S. The lowest BCUT2D eigenvalue weighted by molar-refractivity contribution is -0.137. The number of hydrogen-bond acceptors (Lipinski definition) is 2. The Bertz CT molecular complexity index is 832. The predicted molar refractivity (Wildman–Crippen MR) is 76.5 cm³/mol. The maximum absolute atomic E-state index is 13.7. The first kappa shape index (κ1) is 18.3. The normalized spacial score (nSPS) is 12.6. The van der Waals surface area contributed by atoms with Crippen LogP contribution < -0.4 is 0 Å². The zero-order chi connectivity index (χ0) is 18.1. The minimum absolute atomic E-state index is 0.267. The summed E-state index contributed by atoms with van der Waals surface area (Å²) in [7, 11) is -3.11. The van der Waals surface area contributed by atoms with Crippen molar-refractivity contribution in [3.8, 4) is 0 Å². The molecule has 9 heteroatoms. The van der Waals surface area contributed by atoms with Gasteiger partial charge >= 0.3 is 6.18 Å². The highest BCUT2D eigenvalue weighted by molar-refractivity contribution is 7.89. The molecule has 0 radical (unpaired) electrons. The van der Waals surface area contributed by atoms with Crippen LogP contribution in [0.15, 0.2) is 47.4 Å². The van der Waals surface area contributed by atoms with Gasteiger partial charge in [0.15, 0.2) is 0 Å². The van der Waals surface area contributed by atoms with Gasteiger partial charge in [0.05, 0.1) is 5.56 Å². The summed E-state index contributed by atoms with van der Waals surface area (Å²) in [4.78, 5) is -0.710. The Kier molecular flexibility index (Phi) is 4.95. The maximum atomic E-state index is 13.7. The van der Waals surface area contributed by atoms with E-state index in [0.29, 0.717) is 6.07 Å². The second-order valence-electron chi connectivity index (χ2n) is 5.03. The van der Waals surface area contributed by atoms with Gasteiger partial charge in [0.1, 0.15) is 16.5 Å².